The molecule has 5 nitrogen and oxygen atoms in total. The summed E-state index contributed by atoms with van der Waals surface area (Å²) in [6.07, 6.45) is -11.8. The summed E-state index contributed by atoms with van der Waals surface area (Å²) in [6, 6.07) is 7.91. The largest absolute Gasteiger partial charge is 0.495 e. The maximum atomic E-state index is 14.9. The van der Waals surface area contributed by atoms with Gasteiger partial charge in [0.25, 0.3) is 5.91 Å². The third-order valence-electron chi connectivity index (χ3n) is 5.32. The van der Waals surface area contributed by atoms with E-state index < -0.39 is 52.0 Å². The van der Waals surface area contributed by atoms with Gasteiger partial charge in [-0.3, -0.25) is 14.7 Å². The van der Waals surface area contributed by atoms with Crippen molar-refractivity contribution in [1.29, 1.82) is 0 Å². The van der Waals surface area contributed by atoms with Crippen LogP contribution in [0.15, 0.2) is 59.2 Å². The molecule has 0 aliphatic rings. The highest BCUT2D eigenvalue weighted by Crippen LogP contribution is 2.56. The zero-order valence-corrected chi connectivity index (χ0v) is 21.3. The number of rotatable bonds is 7. The average molecular weight is 631 g/mol. The minimum Gasteiger partial charge on any atom is -0.495 e. The monoisotopic (exact) mass is 630 g/mol. The Morgan fingerprint density at radius 2 is 1.56 bits per heavy atom. The number of hydrogen-bond acceptors (Lipinski definition) is 4. The van der Waals surface area contributed by atoms with Crippen LogP contribution < -0.4 is 14.4 Å². The Hall–Kier alpha value is -3.49. The number of alkyl halides is 9. The minimum absolute atomic E-state index is 0.0407. The standard InChI is InChI=1S/C24H16BrF9N2O3/c1-12-9-13(7-8-35-12)20(37)36(16-5-3-4-6-17(16)38-2)19-15(25)10-14(11-18(19)39-21(26)27)22(28,23(29,30)31)24(32,33)34/h3-11,21H,1-2H3. The fourth-order valence-electron chi connectivity index (χ4n) is 3.62. The summed E-state index contributed by atoms with van der Waals surface area (Å²) >= 11 is 2.74. The first-order valence-electron chi connectivity index (χ1n) is 10.5. The van der Waals surface area contributed by atoms with Crippen molar-refractivity contribution in [2.75, 3.05) is 12.0 Å². The van der Waals surface area contributed by atoms with Gasteiger partial charge in [0, 0.05) is 27.5 Å². The maximum Gasteiger partial charge on any atom is 0.435 e. The van der Waals surface area contributed by atoms with E-state index in [2.05, 4.69) is 25.7 Å². The van der Waals surface area contributed by atoms with Crippen molar-refractivity contribution in [3.8, 4) is 11.5 Å². The fraction of sp³-hybridized carbons (Fsp3) is 0.250. The molecule has 0 aliphatic carbocycles. The number of hydrogen-bond donors (Lipinski definition) is 0. The summed E-state index contributed by atoms with van der Waals surface area (Å²) in [7, 11) is 1.19. The molecule has 1 heterocycles. The fourth-order valence-corrected chi connectivity index (χ4v) is 4.24. The number of carbonyl (C=O) groups excluding carboxylic acids is 1. The summed E-state index contributed by atoms with van der Waals surface area (Å²) in [6.45, 7) is -2.27. The predicted octanol–water partition coefficient (Wildman–Crippen LogP) is 8.03. The molecule has 210 valence electrons. The molecule has 0 saturated carbocycles. The van der Waals surface area contributed by atoms with Gasteiger partial charge in [-0.1, -0.05) is 12.1 Å². The smallest absolute Gasteiger partial charge is 0.435 e. The Morgan fingerprint density at radius 1 is 0.949 bits per heavy atom. The van der Waals surface area contributed by atoms with Gasteiger partial charge in [0.05, 0.1) is 12.8 Å². The molecule has 1 aromatic heterocycles. The Bertz CT molecular complexity index is 1350. The van der Waals surface area contributed by atoms with E-state index in [-0.39, 0.29) is 29.1 Å². The van der Waals surface area contributed by atoms with E-state index in [0.29, 0.717) is 10.6 Å². The molecule has 0 radical (unpaired) electrons. The normalized spacial score (nSPS) is 12.4. The van der Waals surface area contributed by atoms with Crippen LogP contribution in [-0.4, -0.2) is 37.0 Å². The number of benzene rings is 2. The molecule has 0 atom stereocenters. The number of methoxy groups -OCH3 is 1. The highest BCUT2D eigenvalue weighted by atomic mass is 79.9. The Balaban J connectivity index is 2.42. The van der Waals surface area contributed by atoms with Crippen LogP contribution in [0, 0.1) is 6.92 Å². The number of anilines is 2. The van der Waals surface area contributed by atoms with Gasteiger partial charge in [0.15, 0.2) is 5.75 Å². The van der Waals surface area contributed by atoms with Crippen LogP contribution in [0.5, 0.6) is 11.5 Å². The molecule has 0 unspecified atom stereocenters. The Morgan fingerprint density at radius 3 is 2.10 bits per heavy atom. The van der Waals surface area contributed by atoms with Crippen molar-refractivity contribution in [2.45, 2.75) is 31.6 Å². The lowest BCUT2D eigenvalue weighted by Crippen LogP contribution is -2.50. The molecular formula is C24H16BrF9N2O3. The van der Waals surface area contributed by atoms with Gasteiger partial charge in [-0.05, 0) is 59.3 Å². The second-order valence-corrected chi connectivity index (χ2v) is 8.69. The number of para-hydroxylation sites is 2. The van der Waals surface area contributed by atoms with Crippen molar-refractivity contribution in [3.05, 3.63) is 76.0 Å². The molecule has 15 heteroatoms. The molecule has 39 heavy (non-hydrogen) atoms. The van der Waals surface area contributed by atoms with Crippen LogP contribution in [0.2, 0.25) is 0 Å². The SMILES string of the molecule is COc1ccccc1N(C(=O)c1ccnc(C)c1)c1c(Br)cc(C(F)(C(F)(F)F)C(F)(F)F)cc1OC(F)F. The Kier molecular flexibility index (Phi) is 8.43. The average Bonchev–Trinajstić information content (AvgIpc) is 2.83. The van der Waals surface area contributed by atoms with Crippen molar-refractivity contribution in [2.24, 2.45) is 0 Å². The number of nitrogens with zero attached hydrogens (tertiary/aromatic N) is 2. The molecule has 1 amide bonds. The van der Waals surface area contributed by atoms with Crippen LogP contribution in [-0.2, 0) is 5.67 Å². The number of amides is 1. The molecule has 2 aromatic carbocycles. The first-order valence-corrected chi connectivity index (χ1v) is 11.3. The number of pyridine rings is 1. The highest BCUT2D eigenvalue weighted by Gasteiger charge is 2.73. The van der Waals surface area contributed by atoms with Crippen molar-refractivity contribution < 1.29 is 53.8 Å². The molecule has 0 N–H and O–H groups in total. The van der Waals surface area contributed by atoms with Gasteiger partial charge < -0.3 is 9.47 Å². The van der Waals surface area contributed by atoms with E-state index in [1.165, 1.54) is 56.6 Å². The second-order valence-electron chi connectivity index (χ2n) is 7.84. The molecule has 0 aliphatic heterocycles. The predicted molar refractivity (Wildman–Crippen MR) is 124 cm³/mol. The highest BCUT2D eigenvalue weighted by molar-refractivity contribution is 9.10. The molecule has 3 aromatic rings. The molecule has 0 bridgehead atoms. The van der Waals surface area contributed by atoms with E-state index in [9.17, 15) is 44.3 Å². The van der Waals surface area contributed by atoms with Crippen molar-refractivity contribution in [1.82, 2.24) is 4.98 Å². The van der Waals surface area contributed by atoms with E-state index in [1.54, 1.807) is 0 Å². The lowest BCUT2D eigenvalue weighted by molar-refractivity contribution is -0.348. The number of aromatic nitrogens is 1. The van der Waals surface area contributed by atoms with Crippen LogP contribution in [0.3, 0.4) is 0 Å². The topological polar surface area (TPSA) is 51.7 Å². The van der Waals surface area contributed by atoms with Crippen molar-refractivity contribution >= 4 is 33.2 Å². The third-order valence-corrected chi connectivity index (χ3v) is 5.92. The molecule has 3 rings (SSSR count). The van der Waals surface area contributed by atoms with E-state index in [1.807, 2.05) is 0 Å². The number of carbonyl (C=O) groups is 1. The van der Waals surface area contributed by atoms with Crippen LogP contribution in [0.1, 0.15) is 21.6 Å². The zero-order chi connectivity index (χ0) is 29.3. The Labute approximate surface area is 223 Å². The lowest BCUT2D eigenvalue weighted by Gasteiger charge is -2.32. The maximum absolute atomic E-state index is 14.9. The van der Waals surface area contributed by atoms with E-state index in [4.69, 9.17) is 4.74 Å². The van der Waals surface area contributed by atoms with Crippen LogP contribution in [0.25, 0.3) is 0 Å². The van der Waals surface area contributed by atoms with Gasteiger partial charge in [-0.15, -0.1) is 0 Å². The van der Waals surface area contributed by atoms with E-state index in [0.717, 1.165) is 0 Å². The second kappa shape index (κ2) is 10.9. The summed E-state index contributed by atoms with van der Waals surface area (Å²) < 4.78 is 131. The van der Waals surface area contributed by atoms with Crippen LogP contribution in [0.4, 0.5) is 50.9 Å². The van der Waals surface area contributed by atoms with Crippen LogP contribution >= 0.6 is 15.9 Å². The van der Waals surface area contributed by atoms with Gasteiger partial charge >= 0.3 is 24.6 Å². The van der Waals surface area contributed by atoms with Gasteiger partial charge in [-0.2, -0.15) is 35.1 Å². The van der Waals surface area contributed by atoms with Gasteiger partial charge in [0.1, 0.15) is 11.4 Å². The third kappa shape index (κ3) is 5.77. The van der Waals surface area contributed by atoms with Gasteiger partial charge in [-0.25, -0.2) is 4.39 Å². The minimum atomic E-state index is -6.54. The number of ether oxygens (including phenoxy) is 2. The molecule has 0 spiro atoms. The zero-order valence-electron chi connectivity index (χ0n) is 19.7. The number of halogens is 10. The first-order chi connectivity index (χ1) is 18.0. The first kappa shape index (κ1) is 30.1. The summed E-state index contributed by atoms with van der Waals surface area (Å²) in [5.41, 5.74) is -8.75. The van der Waals surface area contributed by atoms with Gasteiger partial charge in [0.2, 0.25) is 0 Å². The summed E-state index contributed by atoms with van der Waals surface area (Å²) in [5.74, 6) is -2.40. The summed E-state index contributed by atoms with van der Waals surface area (Å²) in [4.78, 5) is 18.3. The van der Waals surface area contributed by atoms with Crippen molar-refractivity contribution in [3.63, 3.8) is 0 Å². The van der Waals surface area contributed by atoms with E-state index >= 15 is 0 Å². The molecular weight excluding hydrogens is 615 g/mol. The molecule has 0 fully saturated rings. The lowest BCUT2D eigenvalue weighted by atomic mass is 9.93. The molecule has 0 saturated heterocycles. The summed E-state index contributed by atoms with van der Waals surface area (Å²) in [5, 5.41) is 0. The quantitative estimate of drug-likeness (QED) is 0.248. The number of aryl methyl sites for hydroxylation is 1.